The molecule has 4 nitrogen and oxygen atoms in total. The predicted molar refractivity (Wildman–Crippen MR) is 72.5 cm³/mol. The smallest absolute Gasteiger partial charge is 0.143 e. The van der Waals surface area contributed by atoms with Crippen molar-refractivity contribution in [2.75, 3.05) is 26.1 Å². The summed E-state index contributed by atoms with van der Waals surface area (Å²) in [6.07, 6.45) is 2.40. The van der Waals surface area contributed by atoms with E-state index in [0.29, 0.717) is 22.9 Å². The van der Waals surface area contributed by atoms with Gasteiger partial charge in [0.2, 0.25) is 0 Å². The highest BCUT2D eigenvalue weighted by atomic mass is 35.5. The number of unbranched alkanes of at least 4 members (excludes halogenated alkanes) is 2. The Balaban J connectivity index is 2.65. The van der Waals surface area contributed by atoms with Gasteiger partial charge in [-0.05, 0) is 12.8 Å². The van der Waals surface area contributed by atoms with Crippen LogP contribution in [0.4, 0.5) is 5.69 Å². The molecule has 98 valence electrons. The first-order valence-corrected chi connectivity index (χ1v) is 6.13. The number of benzene rings is 1. The molecule has 0 amide bonds. The van der Waals surface area contributed by atoms with E-state index in [2.05, 4.69) is 11.4 Å². The average molecular weight is 269 g/mol. The third-order valence-corrected chi connectivity index (χ3v) is 2.80. The minimum atomic E-state index is 0.518. The van der Waals surface area contributed by atoms with Crippen molar-refractivity contribution in [3.05, 3.63) is 17.2 Å². The maximum atomic E-state index is 8.44. The SMILES string of the molecule is COc1cc(NCCCCC#N)c(OC)cc1Cl. The van der Waals surface area contributed by atoms with E-state index in [9.17, 15) is 0 Å². The van der Waals surface area contributed by atoms with Gasteiger partial charge in [0.1, 0.15) is 11.5 Å². The van der Waals surface area contributed by atoms with E-state index >= 15 is 0 Å². The molecule has 1 rings (SSSR count). The Labute approximate surface area is 112 Å². The van der Waals surface area contributed by atoms with E-state index < -0.39 is 0 Å². The Bertz CT molecular complexity index is 430. The van der Waals surface area contributed by atoms with Gasteiger partial charge < -0.3 is 14.8 Å². The number of hydrogen-bond donors (Lipinski definition) is 1. The Hall–Kier alpha value is -1.60. The number of anilines is 1. The third-order valence-electron chi connectivity index (χ3n) is 2.50. The Morgan fingerprint density at radius 1 is 1.22 bits per heavy atom. The maximum Gasteiger partial charge on any atom is 0.143 e. The fourth-order valence-electron chi connectivity index (χ4n) is 1.55. The molecule has 0 atom stereocenters. The second kappa shape index (κ2) is 7.67. The van der Waals surface area contributed by atoms with Crippen molar-refractivity contribution in [3.8, 4) is 17.6 Å². The standard InChI is InChI=1S/C13H17ClN2O2/c1-17-12-9-11(13(18-2)8-10(12)14)16-7-5-3-4-6-15/h8-9,16H,3-5,7H2,1-2H3. The van der Waals surface area contributed by atoms with Gasteiger partial charge >= 0.3 is 0 Å². The molecule has 0 saturated heterocycles. The van der Waals surface area contributed by atoms with Gasteiger partial charge in [0.05, 0.1) is 31.0 Å². The number of nitrogens with zero attached hydrogens (tertiary/aromatic N) is 1. The molecule has 0 unspecified atom stereocenters. The number of rotatable bonds is 7. The molecule has 0 radical (unpaired) electrons. The zero-order chi connectivity index (χ0) is 13.4. The molecule has 0 aliphatic rings. The van der Waals surface area contributed by atoms with Crippen LogP contribution in [0.2, 0.25) is 5.02 Å². The van der Waals surface area contributed by atoms with Crippen LogP contribution in [0.15, 0.2) is 12.1 Å². The van der Waals surface area contributed by atoms with Crippen molar-refractivity contribution in [1.82, 2.24) is 0 Å². The summed E-state index contributed by atoms with van der Waals surface area (Å²) >= 11 is 6.01. The Kier molecular flexibility index (Phi) is 6.16. The van der Waals surface area contributed by atoms with E-state index in [1.54, 1.807) is 20.3 Å². The zero-order valence-corrected chi connectivity index (χ0v) is 11.4. The molecule has 0 saturated carbocycles. The first-order valence-electron chi connectivity index (χ1n) is 5.75. The van der Waals surface area contributed by atoms with Gasteiger partial charge in [-0.2, -0.15) is 5.26 Å². The van der Waals surface area contributed by atoms with Crippen LogP contribution < -0.4 is 14.8 Å². The minimum absolute atomic E-state index is 0.518. The maximum absolute atomic E-state index is 8.44. The Morgan fingerprint density at radius 2 is 1.94 bits per heavy atom. The number of ether oxygens (including phenoxy) is 2. The van der Waals surface area contributed by atoms with Crippen LogP contribution in [-0.2, 0) is 0 Å². The van der Waals surface area contributed by atoms with Crippen LogP contribution in [0.5, 0.6) is 11.5 Å². The van der Waals surface area contributed by atoms with Gasteiger partial charge in [-0.15, -0.1) is 0 Å². The van der Waals surface area contributed by atoms with Gasteiger partial charge in [0.25, 0.3) is 0 Å². The molecule has 0 aromatic heterocycles. The molecule has 0 aliphatic heterocycles. The zero-order valence-electron chi connectivity index (χ0n) is 10.6. The summed E-state index contributed by atoms with van der Waals surface area (Å²) in [5.41, 5.74) is 0.843. The molecule has 0 spiro atoms. The summed E-state index contributed by atoms with van der Waals surface area (Å²) in [6.45, 7) is 0.781. The lowest BCUT2D eigenvalue weighted by molar-refractivity contribution is 0.404. The van der Waals surface area contributed by atoms with Gasteiger partial charge in [0, 0.05) is 25.1 Å². The molecule has 5 heteroatoms. The van der Waals surface area contributed by atoms with Crippen LogP contribution in [0.25, 0.3) is 0 Å². The predicted octanol–water partition coefficient (Wildman–Crippen LogP) is 3.46. The minimum Gasteiger partial charge on any atom is -0.495 e. The number of nitrogens with one attached hydrogen (secondary N) is 1. The summed E-state index contributed by atoms with van der Waals surface area (Å²) < 4.78 is 10.4. The molecule has 0 aliphatic carbocycles. The molecular weight excluding hydrogens is 252 g/mol. The van der Waals surface area contributed by atoms with Crippen molar-refractivity contribution in [2.45, 2.75) is 19.3 Å². The first kappa shape index (κ1) is 14.5. The van der Waals surface area contributed by atoms with Gasteiger partial charge in [0.15, 0.2) is 0 Å². The van der Waals surface area contributed by atoms with Gasteiger partial charge in [-0.1, -0.05) is 11.6 Å². The third kappa shape index (κ3) is 4.01. The lowest BCUT2D eigenvalue weighted by Crippen LogP contribution is -2.03. The van der Waals surface area contributed by atoms with E-state index in [4.69, 9.17) is 26.3 Å². The number of nitriles is 1. The van der Waals surface area contributed by atoms with Crippen molar-refractivity contribution >= 4 is 17.3 Å². The van der Waals surface area contributed by atoms with Crippen LogP contribution >= 0.6 is 11.6 Å². The second-order valence-electron chi connectivity index (χ2n) is 3.73. The van der Waals surface area contributed by atoms with Gasteiger partial charge in [-0.25, -0.2) is 0 Å². The summed E-state index contributed by atoms with van der Waals surface area (Å²) in [6, 6.07) is 5.66. The molecule has 0 heterocycles. The summed E-state index contributed by atoms with van der Waals surface area (Å²) in [7, 11) is 3.17. The largest absolute Gasteiger partial charge is 0.495 e. The fraction of sp³-hybridized carbons (Fsp3) is 0.462. The first-order chi connectivity index (χ1) is 8.72. The van der Waals surface area contributed by atoms with Crippen molar-refractivity contribution in [3.63, 3.8) is 0 Å². The van der Waals surface area contributed by atoms with E-state index in [0.717, 1.165) is 25.1 Å². The summed E-state index contributed by atoms with van der Waals surface area (Å²) in [5, 5.41) is 12.2. The number of hydrogen-bond acceptors (Lipinski definition) is 4. The van der Waals surface area contributed by atoms with Gasteiger partial charge in [-0.3, -0.25) is 0 Å². The summed E-state index contributed by atoms with van der Waals surface area (Å²) in [4.78, 5) is 0. The van der Waals surface area contributed by atoms with Crippen LogP contribution in [0.1, 0.15) is 19.3 Å². The molecule has 0 bridgehead atoms. The average Bonchev–Trinajstić information content (AvgIpc) is 2.39. The number of halogens is 1. The van der Waals surface area contributed by atoms with E-state index in [1.807, 2.05) is 6.07 Å². The van der Waals surface area contributed by atoms with Crippen molar-refractivity contribution < 1.29 is 9.47 Å². The van der Waals surface area contributed by atoms with Crippen LogP contribution in [0, 0.1) is 11.3 Å². The molecule has 1 N–H and O–H groups in total. The number of methoxy groups -OCH3 is 2. The molecule has 1 aromatic rings. The fourth-order valence-corrected chi connectivity index (χ4v) is 1.78. The molecule has 1 aromatic carbocycles. The van der Waals surface area contributed by atoms with Crippen molar-refractivity contribution in [2.24, 2.45) is 0 Å². The molecule has 18 heavy (non-hydrogen) atoms. The van der Waals surface area contributed by atoms with E-state index in [1.165, 1.54) is 0 Å². The Morgan fingerprint density at radius 3 is 2.56 bits per heavy atom. The van der Waals surface area contributed by atoms with Crippen LogP contribution in [0.3, 0.4) is 0 Å². The quantitative estimate of drug-likeness (QED) is 0.770. The van der Waals surface area contributed by atoms with Crippen molar-refractivity contribution in [1.29, 1.82) is 5.26 Å². The highest BCUT2D eigenvalue weighted by Crippen LogP contribution is 2.35. The topological polar surface area (TPSA) is 54.3 Å². The molecular formula is C13H17ClN2O2. The summed E-state index contributed by atoms with van der Waals surface area (Å²) in [5.74, 6) is 1.29. The van der Waals surface area contributed by atoms with Crippen LogP contribution in [-0.4, -0.2) is 20.8 Å². The lowest BCUT2D eigenvalue weighted by Gasteiger charge is -2.13. The highest BCUT2D eigenvalue weighted by molar-refractivity contribution is 6.32. The monoisotopic (exact) mass is 268 g/mol. The second-order valence-corrected chi connectivity index (χ2v) is 4.14. The molecule has 0 fully saturated rings. The lowest BCUT2D eigenvalue weighted by atomic mass is 10.2. The normalized spacial score (nSPS) is 9.67. The highest BCUT2D eigenvalue weighted by Gasteiger charge is 2.09. The van der Waals surface area contributed by atoms with E-state index in [-0.39, 0.29) is 0 Å².